The van der Waals surface area contributed by atoms with Crippen LogP contribution < -0.4 is 10.9 Å². The van der Waals surface area contributed by atoms with Gasteiger partial charge in [0.15, 0.2) is 0 Å². The summed E-state index contributed by atoms with van der Waals surface area (Å²) in [7, 11) is 0. The van der Waals surface area contributed by atoms with Crippen LogP contribution in [0.15, 0.2) is 41.2 Å². The quantitative estimate of drug-likeness (QED) is 0.587. The number of rotatable bonds is 4. The first-order chi connectivity index (χ1) is 14.5. The lowest BCUT2D eigenvalue weighted by atomic mass is 10.1. The van der Waals surface area contributed by atoms with Crippen molar-refractivity contribution in [2.24, 2.45) is 0 Å². The number of carbonyl (C=O) groups is 1. The molecule has 0 aliphatic carbocycles. The Balaban J connectivity index is 2.26. The fourth-order valence-corrected chi connectivity index (χ4v) is 3.36. The summed E-state index contributed by atoms with van der Waals surface area (Å²) in [5.41, 5.74) is -1.15. The van der Waals surface area contributed by atoms with E-state index < -0.39 is 34.9 Å². The van der Waals surface area contributed by atoms with E-state index in [1.807, 2.05) is 0 Å². The second-order valence-corrected chi connectivity index (χ2v) is 8.39. The number of hydrogen-bond acceptors (Lipinski definition) is 4. The average molecular weight is 450 g/mol. The van der Waals surface area contributed by atoms with Crippen molar-refractivity contribution >= 4 is 28.6 Å². The Morgan fingerprint density at radius 1 is 1.23 bits per heavy atom. The summed E-state index contributed by atoms with van der Waals surface area (Å²) in [6.07, 6.45) is -0.399. The van der Waals surface area contributed by atoms with Gasteiger partial charge in [0, 0.05) is 6.07 Å². The highest BCUT2D eigenvalue weighted by Gasteiger charge is 2.25. The van der Waals surface area contributed by atoms with Gasteiger partial charge in [0.05, 0.1) is 27.7 Å². The van der Waals surface area contributed by atoms with Crippen molar-refractivity contribution in [1.29, 1.82) is 0 Å². The topological polar surface area (TPSA) is 73.2 Å². The van der Waals surface area contributed by atoms with Crippen LogP contribution in [-0.2, 0) is 4.74 Å². The van der Waals surface area contributed by atoms with E-state index in [2.05, 4.69) is 10.3 Å². The number of benzene rings is 2. The SMILES string of the molecule is CC[C@H](NC(=O)OC(C)(C)C)c1nc2c(Cl)cccc2c(=O)n1-c1cc(F)cc(F)c1. The molecule has 9 heteroatoms. The van der Waals surface area contributed by atoms with Crippen LogP contribution in [0.4, 0.5) is 13.6 Å². The molecule has 1 aromatic heterocycles. The molecule has 0 unspecified atom stereocenters. The average Bonchev–Trinajstić information content (AvgIpc) is 2.64. The number of halogens is 3. The molecular weight excluding hydrogens is 428 g/mol. The van der Waals surface area contributed by atoms with Crippen molar-refractivity contribution in [1.82, 2.24) is 14.9 Å². The van der Waals surface area contributed by atoms with Crippen LogP contribution >= 0.6 is 11.6 Å². The summed E-state index contributed by atoms with van der Waals surface area (Å²) in [6.45, 7) is 6.91. The molecule has 1 atom stereocenters. The normalized spacial score (nSPS) is 12.6. The smallest absolute Gasteiger partial charge is 0.408 e. The zero-order chi connectivity index (χ0) is 22.9. The Morgan fingerprint density at radius 2 is 1.87 bits per heavy atom. The molecular formula is C22H22ClF2N3O3. The molecule has 6 nitrogen and oxygen atoms in total. The Bertz CT molecular complexity index is 1180. The fourth-order valence-electron chi connectivity index (χ4n) is 3.14. The molecule has 0 saturated heterocycles. The van der Waals surface area contributed by atoms with Crippen LogP contribution in [0.2, 0.25) is 5.02 Å². The van der Waals surface area contributed by atoms with Crippen molar-refractivity contribution < 1.29 is 18.3 Å². The number of aromatic nitrogens is 2. The van der Waals surface area contributed by atoms with Gasteiger partial charge in [-0.25, -0.2) is 18.6 Å². The van der Waals surface area contributed by atoms with Crippen LogP contribution in [-0.4, -0.2) is 21.2 Å². The number of ether oxygens (including phenoxy) is 1. The summed E-state index contributed by atoms with van der Waals surface area (Å²) in [4.78, 5) is 30.2. The molecule has 1 amide bonds. The van der Waals surface area contributed by atoms with Crippen LogP contribution in [0.1, 0.15) is 46.0 Å². The first kappa shape index (κ1) is 22.7. The highest BCUT2D eigenvalue weighted by molar-refractivity contribution is 6.35. The van der Waals surface area contributed by atoms with Crippen molar-refractivity contribution in [2.45, 2.75) is 45.8 Å². The maximum Gasteiger partial charge on any atom is 0.408 e. The molecule has 3 aromatic rings. The van der Waals surface area contributed by atoms with Gasteiger partial charge in [-0.1, -0.05) is 24.6 Å². The van der Waals surface area contributed by atoms with Gasteiger partial charge in [-0.2, -0.15) is 0 Å². The van der Waals surface area contributed by atoms with E-state index in [-0.39, 0.29) is 27.4 Å². The first-order valence-electron chi connectivity index (χ1n) is 9.67. The Hall–Kier alpha value is -3.00. The van der Waals surface area contributed by atoms with Crippen molar-refractivity contribution in [3.05, 3.63) is 69.2 Å². The second-order valence-electron chi connectivity index (χ2n) is 7.98. The van der Waals surface area contributed by atoms with Gasteiger partial charge in [-0.3, -0.25) is 9.36 Å². The number of para-hydroxylation sites is 1. The van der Waals surface area contributed by atoms with E-state index in [9.17, 15) is 18.4 Å². The fraction of sp³-hybridized carbons (Fsp3) is 0.318. The largest absolute Gasteiger partial charge is 0.444 e. The highest BCUT2D eigenvalue weighted by atomic mass is 35.5. The molecule has 0 saturated carbocycles. The second kappa shape index (κ2) is 8.63. The van der Waals surface area contributed by atoms with E-state index in [1.54, 1.807) is 39.8 Å². The number of carbonyl (C=O) groups excluding carboxylic acids is 1. The van der Waals surface area contributed by atoms with Crippen LogP contribution in [0.25, 0.3) is 16.6 Å². The molecule has 1 N–H and O–H groups in total. The van der Waals surface area contributed by atoms with Crippen molar-refractivity contribution in [3.63, 3.8) is 0 Å². The molecule has 0 aliphatic rings. The van der Waals surface area contributed by atoms with Gasteiger partial charge in [-0.05, 0) is 51.5 Å². The summed E-state index contributed by atoms with van der Waals surface area (Å²) in [5, 5.41) is 3.09. The Kier molecular flexibility index (Phi) is 6.31. The molecule has 2 aromatic carbocycles. The lowest BCUT2D eigenvalue weighted by Crippen LogP contribution is -2.37. The molecule has 0 aliphatic heterocycles. The van der Waals surface area contributed by atoms with Crippen LogP contribution in [0.3, 0.4) is 0 Å². The van der Waals surface area contributed by atoms with Gasteiger partial charge < -0.3 is 10.1 Å². The first-order valence-corrected chi connectivity index (χ1v) is 10.0. The minimum atomic E-state index is -0.854. The number of alkyl carbamates (subject to hydrolysis) is 1. The zero-order valence-electron chi connectivity index (χ0n) is 17.5. The number of fused-ring (bicyclic) bond motifs is 1. The molecule has 0 spiro atoms. The molecule has 0 fully saturated rings. The minimum Gasteiger partial charge on any atom is -0.444 e. The third-order valence-corrected chi connectivity index (χ3v) is 4.70. The summed E-state index contributed by atoms with van der Waals surface area (Å²) < 4.78 is 34.3. The van der Waals surface area contributed by atoms with Gasteiger partial charge in [0.25, 0.3) is 5.56 Å². The van der Waals surface area contributed by atoms with E-state index in [1.165, 1.54) is 6.07 Å². The third kappa shape index (κ3) is 5.02. The van der Waals surface area contributed by atoms with Crippen molar-refractivity contribution in [2.75, 3.05) is 0 Å². The lowest BCUT2D eigenvalue weighted by molar-refractivity contribution is 0.0499. The number of nitrogens with zero attached hydrogens (tertiary/aromatic N) is 2. The predicted octanol–water partition coefficient (Wildman–Crippen LogP) is 5.29. The molecule has 164 valence electrons. The Labute approximate surface area is 182 Å². The zero-order valence-corrected chi connectivity index (χ0v) is 18.3. The van der Waals surface area contributed by atoms with Crippen LogP contribution in [0, 0.1) is 11.6 Å². The molecule has 0 radical (unpaired) electrons. The van der Waals surface area contributed by atoms with Gasteiger partial charge in [0.2, 0.25) is 0 Å². The number of hydrogen-bond donors (Lipinski definition) is 1. The van der Waals surface area contributed by atoms with Gasteiger partial charge in [0.1, 0.15) is 23.1 Å². The van der Waals surface area contributed by atoms with E-state index in [0.29, 0.717) is 12.5 Å². The maximum atomic E-state index is 13.9. The van der Waals surface area contributed by atoms with E-state index in [0.717, 1.165) is 16.7 Å². The monoisotopic (exact) mass is 449 g/mol. The van der Waals surface area contributed by atoms with Gasteiger partial charge >= 0.3 is 6.09 Å². The predicted molar refractivity (Wildman–Crippen MR) is 115 cm³/mol. The number of nitrogens with one attached hydrogen (secondary N) is 1. The van der Waals surface area contributed by atoms with Crippen molar-refractivity contribution in [3.8, 4) is 5.69 Å². The highest BCUT2D eigenvalue weighted by Crippen LogP contribution is 2.25. The number of amides is 1. The summed E-state index contributed by atoms with van der Waals surface area (Å²) >= 11 is 6.25. The summed E-state index contributed by atoms with van der Waals surface area (Å²) in [5.74, 6) is -1.64. The van der Waals surface area contributed by atoms with E-state index in [4.69, 9.17) is 16.3 Å². The standard InChI is InChI=1S/C22H22ClF2N3O3/c1-5-17(26-21(30)31-22(2,3)4)19-27-18-15(7-6-8-16(18)23)20(29)28(19)14-10-12(24)9-13(25)11-14/h6-11,17H,5H2,1-4H3,(H,26,30)/t17-/m0/s1. The maximum absolute atomic E-state index is 13.9. The van der Waals surface area contributed by atoms with Gasteiger partial charge in [-0.15, -0.1) is 0 Å². The minimum absolute atomic E-state index is 0.0590. The molecule has 3 rings (SSSR count). The molecule has 31 heavy (non-hydrogen) atoms. The molecule has 0 bridgehead atoms. The molecule has 1 heterocycles. The summed E-state index contributed by atoms with van der Waals surface area (Å²) in [6, 6.07) is 6.63. The third-order valence-electron chi connectivity index (χ3n) is 4.39. The van der Waals surface area contributed by atoms with E-state index >= 15 is 0 Å². The Morgan fingerprint density at radius 3 is 2.45 bits per heavy atom. The van der Waals surface area contributed by atoms with Crippen LogP contribution in [0.5, 0.6) is 0 Å². The lowest BCUT2D eigenvalue weighted by Gasteiger charge is -2.25.